The van der Waals surface area contributed by atoms with Gasteiger partial charge >= 0.3 is 6.01 Å². The molecule has 2 N–H and O–H groups in total. The molecular formula is C37H38F3N5O5. The summed E-state index contributed by atoms with van der Waals surface area (Å²) < 4.78 is 73.0. The van der Waals surface area contributed by atoms with Crippen molar-refractivity contribution >= 4 is 27.5 Å². The van der Waals surface area contributed by atoms with Gasteiger partial charge in [0.1, 0.15) is 36.5 Å². The van der Waals surface area contributed by atoms with Crippen molar-refractivity contribution in [3.05, 3.63) is 47.5 Å². The van der Waals surface area contributed by atoms with Gasteiger partial charge in [-0.2, -0.15) is 9.97 Å². The minimum atomic E-state index is -0.973. The zero-order valence-electron chi connectivity index (χ0n) is 27.7. The van der Waals surface area contributed by atoms with Crippen LogP contribution in [0, 0.1) is 17.0 Å². The third-order valence-electron chi connectivity index (χ3n) is 12.0. The number of nitrogens with zero attached hydrogens (tertiary/aromatic N) is 4. The van der Waals surface area contributed by atoms with Crippen molar-refractivity contribution in [1.82, 2.24) is 20.2 Å². The molecule has 50 heavy (non-hydrogen) atoms. The van der Waals surface area contributed by atoms with Gasteiger partial charge in [-0.05, 0) is 53.3 Å². The maximum Gasteiger partial charge on any atom is 0.319 e. The number of piperazine rings is 1. The van der Waals surface area contributed by atoms with Crippen molar-refractivity contribution in [2.24, 2.45) is 5.41 Å². The fraction of sp³-hybridized carbons (Fsp3) is 0.514. The number of phenolic OH excluding ortho intramolecular Hbond substituents is 1. The first-order valence-corrected chi connectivity index (χ1v) is 17.5. The summed E-state index contributed by atoms with van der Waals surface area (Å²) in [5.41, 5.74) is -0.205. The van der Waals surface area contributed by atoms with E-state index in [1.165, 1.54) is 6.07 Å². The topological polar surface area (TPSA) is 101 Å². The smallest absolute Gasteiger partial charge is 0.319 e. The Labute approximate surface area is 286 Å². The van der Waals surface area contributed by atoms with E-state index in [0.717, 1.165) is 25.8 Å². The van der Waals surface area contributed by atoms with Crippen LogP contribution in [0.15, 0.2) is 30.3 Å². The van der Waals surface area contributed by atoms with E-state index in [2.05, 4.69) is 20.1 Å². The molecule has 5 fully saturated rings. The fourth-order valence-electron chi connectivity index (χ4n) is 9.95. The van der Waals surface area contributed by atoms with Crippen molar-refractivity contribution in [2.45, 2.75) is 62.1 Å². The van der Waals surface area contributed by atoms with Gasteiger partial charge in [0.15, 0.2) is 17.4 Å². The monoisotopic (exact) mass is 689 g/mol. The summed E-state index contributed by atoms with van der Waals surface area (Å²) in [6.45, 7) is 3.43. The molecule has 3 unspecified atom stereocenters. The molecule has 1 aromatic heterocycles. The highest BCUT2D eigenvalue weighted by atomic mass is 19.1. The van der Waals surface area contributed by atoms with E-state index in [0.29, 0.717) is 54.9 Å². The van der Waals surface area contributed by atoms with Gasteiger partial charge in [0.2, 0.25) is 0 Å². The number of methoxy groups -OCH3 is 1. The summed E-state index contributed by atoms with van der Waals surface area (Å²) in [7, 11) is 1.55. The average Bonchev–Trinajstić information content (AvgIpc) is 3.68. The van der Waals surface area contributed by atoms with Gasteiger partial charge in [-0.3, -0.25) is 4.90 Å². The molecule has 0 aliphatic carbocycles. The SMILES string of the molecule is COCc1cccc2cc(O)cc(-c3c(F)c4c5c(nc(OC[C@]67C[C@@H](F)CN6CC6(COC6)C7)nc5c3F)N3CC5CCC(N5)C3CO4)c12. The van der Waals surface area contributed by atoms with E-state index >= 15 is 8.78 Å². The molecule has 6 aliphatic rings. The number of phenols is 1. The number of halogens is 3. The van der Waals surface area contributed by atoms with E-state index in [1.807, 2.05) is 12.1 Å². The van der Waals surface area contributed by atoms with E-state index in [9.17, 15) is 9.50 Å². The molecule has 10 rings (SSSR count). The molecule has 13 heteroatoms. The second-order valence-electron chi connectivity index (χ2n) is 15.3. The van der Waals surface area contributed by atoms with E-state index < -0.39 is 23.3 Å². The molecule has 5 atom stereocenters. The molecule has 3 aromatic carbocycles. The van der Waals surface area contributed by atoms with Crippen LogP contribution in [0.2, 0.25) is 0 Å². The van der Waals surface area contributed by atoms with Crippen LogP contribution in [-0.2, 0) is 16.1 Å². The Bertz CT molecular complexity index is 2060. The Morgan fingerprint density at radius 2 is 1.98 bits per heavy atom. The minimum absolute atomic E-state index is 0.0125. The van der Waals surface area contributed by atoms with E-state index in [4.69, 9.17) is 23.9 Å². The summed E-state index contributed by atoms with van der Waals surface area (Å²) in [6, 6.07) is 8.40. The highest BCUT2D eigenvalue weighted by molar-refractivity contribution is 6.05. The second-order valence-corrected chi connectivity index (χ2v) is 15.3. The van der Waals surface area contributed by atoms with E-state index in [1.54, 1.807) is 19.2 Å². The van der Waals surface area contributed by atoms with Crippen LogP contribution in [0.3, 0.4) is 0 Å². The quantitative estimate of drug-likeness (QED) is 0.292. The lowest BCUT2D eigenvalue weighted by molar-refractivity contribution is -0.108. The molecule has 7 heterocycles. The van der Waals surface area contributed by atoms with Gasteiger partial charge in [-0.15, -0.1) is 0 Å². The lowest BCUT2D eigenvalue weighted by atomic mass is 9.78. The highest BCUT2D eigenvalue weighted by Gasteiger charge is 2.61. The molecule has 0 radical (unpaired) electrons. The molecule has 262 valence electrons. The highest BCUT2D eigenvalue weighted by Crippen LogP contribution is 2.52. The summed E-state index contributed by atoms with van der Waals surface area (Å²) in [5.74, 6) is -1.71. The largest absolute Gasteiger partial charge is 0.508 e. The summed E-state index contributed by atoms with van der Waals surface area (Å²) in [6.07, 6.45) is 2.00. The fourth-order valence-corrected chi connectivity index (χ4v) is 9.95. The van der Waals surface area contributed by atoms with Crippen LogP contribution in [-0.4, -0.2) is 103 Å². The van der Waals surface area contributed by atoms with Gasteiger partial charge < -0.3 is 34.3 Å². The van der Waals surface area contributed by atoms with Crippen LogP contribution in [0.1, 0.15) is 31.2 Å². The normalized spacial score (nSPS) is 29.2. The number of anilines is 1. The molecule has 2 bridgehead atoms. The molecule has 0 saturated carbocycles. The summed E-state index contributed by atoms with van der Waals surface area (Å²) in [5, 5.41) is 15.7. The van der Waals surface area contributed by atoms with Gasteiger partial charge in [-0.1, -0.05) is 18.2 Å². The number of aromatic nitrogens is 2. The molecule has 6 aliphatic heterocycles. The van der Waals surface area contributed by atoms with Crippen molar-refractivity contribution in [3.63, 3.8) is 0 Å². The first-order valence-electron chi connectivity index (χ1n) is 17.5. The Morgan fingerprint density at radius 1 is 1.10 bits per heavy atom. The zero-order valence-corrected chi connectivity index (χ0v) is 27.7. The van der Waals surface area contributed by atoms with Crippen molar-refractivity contribution in [1.29, 1.82) is 0 Å². The van der Waals surface area contributed by atoms with Gasteiger partial charge in [0.05, 0.1) is 42.4 Å². The van der Waals surface area contributed by atoms with Crippen LogP contribution < -0.4 is 19.7 Å². The predicted octanol–water partition coefficient (Wildman–Crippen LogP) is 4.86. The van der Waals surface area contributed by atoms with Crippen molar-refractivity contribution in [2.75, 3.05) is 58.1 Å². The number of hydrogen-bond donors (Lipinski definition) is 2. The number of benzene rings is 3. The Morgan fingerprint density at radius 3 is 2.80 bits per heavy atom. The standard InChI is InChI=1S/C37H38F3N5O5/c1-47-12-20-4-2-3-19-7-23(46)8-24(27(19)20)28-30(39)32-29-33(31(28)40)49-13-26-25-6-5-22(41-25)11-45(26)34(29)43-35(42-32)50-18-37-9-21(38)10-44(37)15-36(14-37)16-48-17-36/h2-4,7-8,21-22,25-26,41,46H,5-6,9-18H2,1H3/t21-,22?,25?,26?,37-/m1/s1. The number of nitrogens with one attached hydrogen (secondary N) is 1. The first-order chi connectivity index (χ1) is 24.2. The molecule has 5 saturated heterocycles. The van der Waals surface area contributed by atoms with Crippen LogP contribution in [0.25, 0.3) is 32.8 Å². The maximum absolute atomic E-state index is 17.3. The summed E-state index contributed by atoms with van der Waals surface area (Å²) in [4.78, 5) is 13.8. The Hall–Kier alpha value is -3.91. The van der Waals surface area contributed by atoms with Crippen molar-refractivity contribution in [3.8, 4) is 28.6 Å². The molecular weight excluding hydrogens is 651 g/mol. The van der Waals surface area contributed by atoms with Gasteiger partial charge in [0, 0.05) is 50.7 Å². The minimum Gasteiger partial charge on any atom is -0.508 e. The average molecular weight is 690 g/mol. The number of alkyl halides is 1. The first kappa shape index (κ1) is 30.9. The summed E-state index contributed by atoms with van der Waals surface area (Å²) >= 11 is 0. The van der Waals surface area contributed by atoms with Crippen LogP contribution >= 0.6 is 0 Å². The number of hydrogen-bond acceptors (Lipinski definition) is 10. The van der Waals surface area contributed by atoms with Gasteiger partial charge in [-0.25, -0.2) is 13.2 Å². The number of ether oxygens (including phenoxy) is 4. The molecule has 10 nitrogen and oxygen atoms in total. The number of rotatable bonds is 6. The van der Waals surface area contributed by atoms with Crippen molar-refractivity contribution < 1.29 is 37.2 Å². The Balaban J connectivity index is 1.16. The number of fused-ring (bicyclic) bond motifs is 7. The predicted molar refractivity (Wildman–Crippen MR) is 179 cm³/mol. The third kappa shape index (κ3) is 4.49. The van der Waals surface area contributed by atoms with E-state index in [-0.39, 0.29) is 82.9 Å². The Kier molecular flexibility index (Phi) is 6.82. The zero-order chi connectivity index (χ0) is 33.9. The molecule has 1 spiro atoms. The molecule has 4 aromatic rings. The van der Waals surface area contributed by atoms with Crippen LogP contribution in [0.5, 0.6) is 17.5 Å². The second kappa shape index (κ2) is 11.0. The lowest BCUT2D eigenvalue weighted by Crippen LogP contribution is -2.60. The van der Waals surface area contributed by atoms with Crippen LogP contribution in [0.4, 0.5) is 19.0 Å². The molecule has 0 amide bonds. The third-order valence-corrected chi connectivity index (χ3v) is 12.0. The van der Waals surface area contributed by atoms with Gasteiger partial charge in [0.25, 0.3) is 0 Å². The lowest BCUT2D eigenvalue weighted by Gasteiger charge is -2.40. The maximum atomic E-state index is 17.3. The number of aromatic hydroxyl groups is 1.